The number of hydrogen-bond acceptors (Lipinski definition) is 18. The topological polar surface area (TPSA) is 296 Å². The molecule has 612 valence electrons. The highest BCUT2D eigenvalue weighted by Gasteiger charge is 2.19. The Labute approximate surface area is 727 Å². The van der Waals surface area contributed by atoms with Crippen LogP contribution in [0.25, 0.3) is 0 Å². The standard InChI is InChI=1S/6C13H12IO.6FH2O2P/c6*1-15-13-9-7-12(8-10-13)14-11-5-3-2-4-6-11;6*1-4(2)3/h6*2-10H,1H3;6*4H,(H,2,3)/q6*+1;;;;;;/p-6. The minimum Gasteiger partial charge on any atom is -0.777 e. The van der Waals surface area contributed by atoms with Gasteiger partial charge in [0.2, 0.25) is 0 Å². The first kappa shape index (κ1) is 107. The van der Waals surface area contributed by atoms with Crippen molar-refractivity contribution in [3.05, 3.63) is 370 Å². The van der Waals surface area contributed by atoms with Crippen molar-refractivity contribution in [3.8, 4) is 34.5 Å². The zero-order valence-electron chi connectivity index (χ0n) is 61.1. The zero-order chi connectivity index (χ0) is 84.5. The van der Waals surface area contributed by atoms with Crippen LogP contribution in [0.2, 0.25) is 0 Å². The van der Waals surface area contributed by atoms with Crippen LogP contribution in [0.4, 0.5) is 25.2 Å². The molecule has 0 saturated heterocycles. The van der Waals surface area contributed by atoms with Crippen LogP contribution in [0, 0.1) is 42.8 Å². The predicted octanol–water partition coefficient (Wildman–Crippen LogP) is -2.82. The van der Waals surface area contributed by atoms with Crippen LogP contribution in [0.3, 0.4) is 0 Å². The van der Waals surface area contributed by atoms with Gasteiger partial charge in [-0.25, -0.2) is 25.2 Å². The van der Waals surface area contributed by atoms with Crippen molar-refractivity contribution in [1.29, 1.82) is 0 Å². The Morgan fingerprint density at radius 2 is 0.254 bits per heavy atom. The number of halogens is 12. The van der Waals surface area contributed by atoms with Crippen LogP contribution in [0.15, 0.2) is 328 Å². The van der Waals surface area contributed by atoms with Crippen LogP contribution in [-0.4, -0.2) is 42.7 Å². The number of ether oxygens (including phenoxy) is 6. The van der Waals surface area contributed by atoms with Crippen LogP contribution < -0.4 is 185 Å². The van der Waals surface area contributed by atoms with E-state index in [0.717, 1.165) is 34.5 Å². The summed E-state index contributed by atoms with van der Waals surface area (Å²) in [7, 11) is -13.1. The fourth-order valence-electron chi connectivity index (χ4n) is 7.42. The van der Waals surface area contributed by atoms with E-state index in [1.54, 1.807) is 42.7 Å². The van der Waals surface area contributed by atoms with Gasteiger partial charge in [0, 0.05) is 0 Å². The molecule has 6 atom stereocenters. The van der Waals surface area contributed by atoms with Crippen molar-refractivity contribution in [2.24, 2.45) is 0 Å². The lowest BCUT2D eigenvalue weighted by atomic mass is 10.3. The van der Waals surface area contributed by atoms with Crippen molar-refractivity contribution < 1.29 is 238 Å². The lowest BCUT2D eigenvalue weighted by Crippen LogP contribution is -3.61. The number of hydrogen-bond donors (Lipinski definition) is 0. The average molecular weight is 2360 g/mol. The van der Waals surface area contributed by atoms with Gasteiger partial charge in [-0.05, 0) is 218 Å². The van der Waals surface area contributed by atoms with Crippen LogP contribution >= 0.6 is 50.0 Å². The van der Waals surface area contributed by atoms with Gasteiger partial charge >= 0.3 is 127 Å². The Morgan fingerprint density at radius 1 is 0.175 bits per heavy atom. The third-order valence-electron chi connectivity index (χ3n) is 12.0. The molecule has 12 aromatic carbocycles. The molecule has 0 aliphatic heterocycles. The Bertz CT molecular complexity index is 3760. The quantitative estimate of drug-likeness (QED) is 0.0475. The van der Waals surface area contributed by atoms with Crippen molar-refractivity contribution in [2.75, 3.05) is 42.7 Å². The molecule has 0 spiro atoms. The highest BCUT2D eigenvalue weighted by atomic mass is 127. The molecular formula is C78H78F6I6O18P6. The first-order valence-corrected chi connectivity index (χ1v) is 52.0. The van der Waals surface area contributed by atoms with E-state index in [4.69, 9.17) is 85.2 Å². The van der Waals surface area contributed by atoms with Gasteiger partial charge < -0.3 is 85.2 Å². The number of rotatable bonds is 18. The summed E-state index contributed by atoms with van der Waals surface area (Å²) in [6, 6.07) is 114. The van der Waals surface area contributed by atoms with Crippen molar-refractivity contribution in [1.82, 2.24) is 0 Å². The Balaban J connectivity index is 0.000000646. The SMILES string of the molecule is COc1ccc([I+]c2ccccc2)cc1.COc1ccc([I+]c2ccccc2)cc1.COc1ccc([I+]c2ccccc2)cc1.COc1ccc([I+]c2ccccc2)cc1.COc1ccc([I+]c2ccccc2)cc1.COc1ccc([I+]c2ccccc2)cc1.O=[PH]([O-])F.O=[PH]([O-])F.O=[PH]([O-])F.O=[PH]([O-])F.O=[PH]([O-])F.O=[PH]([O-])F. The van der Waals surface area contributed by atoms with Crippen LogP contribution in [0.1, 0.15) is 0 Å². The molecule has 0 N–H and O–H groups in total. The maximum atomic E-state index is 9.99. The third kappa shape index (κ3) is 61.8. The molecule has 0 radical (unpaired) electrons. The fraction of sp³-hybridized carbons (Fsp3) is 0.0769. The van der Waals surface area contributed by atoms with E-state index in [2.05, 4.69) is 255 Å². The molecule has 0 aliphatic carbocycles. The second-order valence-electron chi connectivity index (χ2n) is 19.7. The molecule has 12 aromatic rings. The Kier molecular flexibility index (Phi) is 64.9. The molecule has 0 saturated carbocycles. The summed E-state index contributed by atoms with van der Waals surface area (Å²) in [5, 5.41) is 0. The minimum absolute atomic E-state index is 0.0449. The van der Waals surface area contributed by atoms with E-state index in [-0.39, 0.29) is 127 Å². The molecule has 114 heavy (non-hydrogen) atoms. The molecule has 0 amide bonds. The number of methoxy groups -OCH3 is 6. The van der Waals surface area contributed by atoms with E-state index in [0.29, 0.717) is 0 Å². The summed E-state index contributed by atoms with van der Waals surface area (Å²) in [5.74, 6) is 5.56. The summed E-state index contributed by atoms with van der Waals surface area (Å²) in [6.07, 6.45) is 0. The molecule has 0 heterocycles. The van der Waals surface area contributed by atoms with Gasteiger partial charge in [0.15, 0.2) is 92.9 Å². The molecule has 6 unspecified atom stereocenters. The fourth-order valence-corrected chi connectivity index (χ4v) is 20.7. The second-order valence-corrected chi connectivity index (χ2v) is 40.7. The highest BCUT2D eigenvalue weighted by Crippen LogP contribution is 2.12. The Hall–Kier alpha value is -5.46. The predicted molar refractivity (Wildman–Crippen MR) is 402 cm³/mol. The van der Waals surface area contributed by atoms with Crippen molar-refractivity contribution >= 4 is 50.0 Å². The molecule has 0 bridgehead atoms. The Morgan fingerprint density at radius 3 is 0.333 bits per heavy atom. The molecule has 36 heteroatoms. The van der Waals surface area contributed by atoms with Crippen molar-refractivity contribution in [3.63, 3.8) is 0 Å². The summed E-state index contributed by atoms with van der Waals surface area (Å²) < 4.78 is 158. The minimum atomic E-state index is -3.88. The zero-order valence-corrected chi connectivity index (χ0v) is 80.0. The van der Waals surface area contributed by atoms with Gasteiger partial charge in [0.05, 0.1) is 42.7 Å². The monoisotopic (exact) mass is 2360 g/mol. The van der Waals surface area contributed by atoms with Crippen LogP contribution in [-0.2, 0) is 27.4 Å². The van der Waals surface area contributed by atoms with E-state index in [9.17, 15) is 25.2 Å². The summed E-state index contributed by atoms with van der Waals surface area (Å²) in [5.41, 5.74) is 0. The van der Waals surface area contributed by atoms with E-state index < -0.39 is 50.0 Å². The lowest BCUT2D eigenvalue weighted by molar-refractivity contribution is -0.597. The molecule has 0 fully saturated rings. The number of benzene rings is 12. The highest BCUT2D eigenvalue weighted by molar-refractivity contribution is 7.30. The summed E-state index contributed by atoms with van der Waals surface area (Å²) >= 11 is -0.270. The largest absolute Gasteiger partial charge is 0.777 e. The summed E-state index contributed by atoms with van der Waals surface area (Å²) in [4.78, 5) is 50.4. The lowest BCUT2D eigenvalue weighted by Gasteiger charge is -1.95. The smallest absolute Gasteiger partial charge is 0.357 e. The third-order valence-corrected chi connectivity index (χ3v) is 28.1. The summed E-state index contributed by atoms with van der Waals surface area (Å²) in [6.45, 7) is 0. The molecule has 12 rings (SSSR count). The first-order valence-electron chi connectivity index (χ1n) is 31.9. The van der Waals surface area contributed by atoms with E-state index in [1.165, 1.54) is 42.8 Å². The first-order chi connectivity index (χ1) is 54.7. The van der Waals surface area contributed by atoms with Crippen molar-refractivity contribution in [2.45, 2.75) is 0 Å². The molecular weight excluding hydrogens is 2290 g/mol. The molecule has 18 nitrogen and oxygen atoms in total. The van der Waals surface area contributed by atoms with Gasteiger partial charge in [-0.3, -0.25) is 0 Å². The van der Waals surface area contributed by atoms with Gasteiger partial charge in [0.25, 0.3) is 0 Å². The molecule has 0 aromatic heterocycles. The molecule has 0 aliphatic rings. The van der Waals surface area contributed by atoms with E-state index in [1.807, 2.05) is 72.8 Å². The van der Waals surface area contributed by atoms with Gasteiger partial charge in [-0.15, -0.1) is 0 Å². The second kappa shape index (κ2) is 69.5. The maximum absolute atomic E-state index is 9.99. The normalized spacial score (nSPS) is 11.1. The van der Waals surface area contributed by atoms with Crippen LogP contribution in [0.5, 0.6) is 34.5 Å². The average Bonchev–Trinajstić information content (AvgIpc) is 0.923. The van der Waals surface area contributed by atoms with Gasteiger partial charge in [-0.1, -0.05) is 109 Å². The van der Waals surface area contributed by atoms with Gasteiger partial charge in [-0.2, -0.15) is 0 Å². The van der Waals surface area contributed by atoms with Gasteiger partial charge in [0.1, 0.15) is 34.5 Å². The van der Waals surface area contributed by atoms with E-state index >= 15 is 0 Å². The maximum Gasteiger partial charge on any atom is 0.357 e.